The normalized spacial score (nSPS) is 14.6. The van der Waals surface area contributed by atoms with Crippen LogP contribution < -0.4 is 0 Å². The lowest BCUT2D eigenvalue weighted by Gasteiger charge is -2.37. The Morgan fingerprint density at radius 3 is 2.47 bits per heavy atom. The molecule has 5 rings (SSSR count). The van der Waals surface area contributed by atoms with Crippen molar-refractivity contribution in [1.82, 2.24) is 19.8 Å². The number of carbonyl (C=O) groups is 1. The summed E-state index contributed by atoms with van der Waals surface area (Å²) in [5.74, 6) is -1.64. The van der Waals surface area contributed by atoms with Crippen LogP contribution in [0.4, 0.5) is 4.39 Å². The first kappa shape index (κ1) is 26.2. The van der Waals surface area contributed by atoms with Crippen molar-refractivity contribution in [2.24, 2.45) is 0 Å². The number of aryl methyl sites for hydroxylation is 1. The number of halogens is 1. The molecule has 0 bridgehead atoms. The molecule has 3 aromatic carbocycles. The van der Waals surface area contributed by atoms with Gasteiger partial charge in [-0.3, -0.25) is 9.78 Å². The standard InChI is InChI=1S/C29H29FN4O3S/c1-18-15-20(7-9-21(18)28(35)33(2)3)26-17-31-25-6-4-5-22(27(25)32-26)19-8-10-23(24(30)16-19)29(36,37)34-11-13-38-14-12-34/h4-10,15-17,36-37H,11-14H2,1-3H3. The molecule has 2 N–H and O–H groups in total. The molecule has 2 heterocycles. The number of aliphatic hydroxyl groups is 2. The van der Waals surface area contributed by atoms with Crippen LogP contribution in [0.2, 0.25) is 0 Å². The van der Waals surface area contributed by atoms with Gasteiger partial charge < -0.3 is 15.1 Å². The third-order valence-corrected chi connectivity index (χ3v) is 7.77. The van der Waals surface area contributed by atoms with Crippen molar-refractivity contribution in [3.63, 3.8) is 0 Å². The van der Waals surface area contributed by atoms with Gasteiger partial charge in [0.05, 0.1) is 28.5 Å². The molecule has 7 nitrogen and oxygen atoms in total. The Bertz CT molecular complexity index is 1520. The Morgan fingerprint density at radius 2 is 1.79 bits per heavy atom. The van der Waals surface area contributed by atoms with E-state index in [1.54, 1.807) is 44.2 Å². The summed E-state index contributed by atoms with van der Waals surface area (Å²) in [5, 5.41) is 21.6. The van der Waals surface area contributed by atoms with Gasteiger partial charge in [-0.05, 0) is 48.4 Å². The van der Waals surface area contributed by atoms with Gasteiger partial charge in [-0.2, -0.15) is 11.8 Å². The molecular formula is C29H29FN4O3S. The van der Waals surface area contributed by atoms with Crippen LogP contribution in [0.3, 0.4) is 0 Å². The Hall–Kier alpha value is -3.37. The van der Waals surface area contributed by atoms with Crippen molar-refractivity contribution in [1.29, 1.82) is 0 Å². The highest BCUT2D eigenvalue weighted by atomic mass is 32.2. The Morgan fingerprint density at radius 1 is 1.05 bits per heavy atom. The minimum absolute atomic E-state index is 0.0691. The fraction of sp³-hybridized carbons (Fsp3) is 0.276. The molecule has 196 valence electrons. The molecule has 0 unspecified atom stereocenters. The van der Waals surface area contributed by atoms with Crippen molar-refractivity contribution in [3.05, 3.63) is 83.3 Å². The Kier molecular flexibility index (Phi) is 7.19. The second-order valence-corrected chi connectivity index (χ2v) is 10.8. The summed E-state index contributed by atoms with van der Waals surface area (Å²) in [5.41, 5.74) is 5.18. The summed E-state index contributed by atoms with van der Waals surface area (Å²) in [4.78, 5) is 24.9. The van der Waals surface area contributed by atoms with Crippen molar-refractivity contribution in [2.75, 3.05) is 38.7 Å². The Balaban J connectivity index is 1.53. The van der Waals surface area contributed by atoms with Crippen LogP contribution in [0, 0.1) is 12.7 Å². The lowest BCUT2D eigenvalue weighted by atomic mass is 9.99. The first-order valence-corrected chi connectivity index (χ1v) is 13.5. The molecule has 1 aromatic heterocycles. The molecule has 0 aliphatic carbocycles. The maximum atomic E-state index is 15.3. The second kappa shape index (κ2) is 10.4. The summed E-state index contributed by atoms with van der Waals surface area (Å²) < 4.78 is 15.3. The molecule has 0 saturated carbocycles. The number of thioether (sulfide) groups is 1. The summed E-state index contributed by atoms with van der Waals surface area (Å²) in [7, 11) is 3.44. The minimum Gasteiger partial charge on any atom is -0.349 e. The van der Waals surface area contributed by atoms with E-state index in [2.05, 4.69) is 4.98 Å². The molecule has 38 heavy (non-hydrogen) atoms. The van der Waals surface area contributed by atoms with E-state index in [1.165, 1.54) is 21.9 Å². The van der Waals surface area contributed by atoms with Gasteiger partial charge in [-0.1, -0.05) is 24.3 Å². The van der Waals surface area contributed by atoms with Gasteiger partial charge in [-0.15, -0.1) is 0 Å². The zero-order chi connectivity index (χ0) is 27.0. The predicted molar refractivity (Wildman–Crippen MR) is 148 cm³/mol. The van der Waals surface area contributed by atoms with E-state index < -0.39 is 11.7 Å². The fourth-order valence-electron chi connectivity index (χ4n) is 4.71. The summed E-state index contributed by atoms with van der Waals surface area (Å²) >= 11 is 1.73. The third kappa shape index (κ3) is 4.90. The predicted octanol–water partition coefficient (Wildman–Crippen LogP) is 4.26. The quantitative estimate of drug-likeness (QED) is 0.371. The highest BCUT2D eigenvalue weighted by molar-refractivity contribution is 7.99. The van der Waals surface area contributed by atoms with Crippen LogP contribution in [0.1, 0.15) is 21.5 Å². The highest BCUT2D eigenvalue weighted by Crippen LogP contribution is 2.33. The van der Waals surface area contributed by atoms with Gasteiger partial charge in [-0.25, -0.2) is 14.3 Å². The van der Waals surface area contributed by atoms with Gasteiger partial charge in [0.25, 0.3) is 11.8 Å². The van der Waals surface area contributed by atoms with E-state index in [-0.39, 0.29) is 11.5 Å². The maximum Gasteiger partial charge on any atom is 0.256 e. The van der Waals surface area contributed by atoms with Crippen molar-refractivity contribution < 1.29 is 19.4 Å². The van der Waals surface area contributed by atoms with E-state index in [4.69, 9.17) is 4.98 Å². The van der Waals surface area contributed by atoms with Crippen molar-refractivity contribution >= 4 is 28.7 Å². The number of nitrogens with zero attached hydrogens (tertiary/aromatic N) is 4. The SMILES string of the molecule is Cc1cc(-c2cnc3cccc(-c4ccc(C(O)(O)N5CCSCC5)c(F)c4)c3n2)ccc1C(=O)N(C)C. The Labute approximate surface area is 225 Å². The summed E-state index contributed by atoms with van der Waals surface area (Å²) in [6.07, 6.45) is 1.68. The van der Waals surface area contributed by atoms with E-state index in [0.29, 0.717) is 46.5 Å². The van der Waals surface area contributed by atoms with Gasteiger partial charge in [0.2, 0.25) is 0 Å². The molecule has 9 heteroatoms. The molecule has 1 aliphatic rings. The van der Waals surface area contributed by atoms with Gasteiger partial charge in [0, 0.05) is 55.4 Å². The van der Waals surface area contributed by atoms with E-state index in [0.717, 1.165) is 22.6 Å². The number of para-hydroxylation sites is 1. The van der Waals surface area contributed by atoms with Crippen molar-refractivity contribution in [3.8, 4) is 22.4 Å². The number of carbonyl (C=O) groups excluding carboxylic acids is 1. The monoisotopic (exact) mass is 532 g/mol. The lowest BCUT2D eigenvalue weighted by molar-refractivity contribution is -0.274. The van der Waals surface area contributed by atoms with Crippen LogP contribution >= 0.6 is 11.8 Å². The first-order valence-electron chi connectivity index (χ1n) is 12.3. The summed E-state index contributed by atoms with van der Waals surface area (Å²) in [6, 6.07) is 15.5. The molecule has 0 spiro atoms. The maximum absolute atomic E-state index is 15.3. The zero-order valence-corrected chi connectivity index (χ0v) is 22.3. The number of fused-ring (bicyclic) bond motifs is 1. The van der Waals surface area contributed by atoms with Gasteiger partial charge in [0.1, 0.15) is 5.82 Å². The molecule has 0 atom stereocenters. The largest absolute Gasteiger partial charge is 0.349 e. The average Bonchev–Trinajstić information content (AvgIpc) is 2.92. The smallest absolute Gasteiger partial charge is 0.256 e. The number of benzene rings is 3. The second-order valence-electron chi connectivity index (χ2n) is 9.59. The molecule has 1 fully saturated rings. The highest BCUT2D eigenvalue weighted by Gasteiger charge is 2.37. The third-order valence-electron chi connectivity index (χ3n) is 6.83. The van der Waals surface area contributed by atoms with Crippen LogP contribution in [0.5, 0.6) is 0 Å². The molecule has 0 radical (unpaired) electrons. The van der Waals surface area contributed by atoms with Crippen molar-refractivity contribution in [2.45, 2.75) is 12.8 Å². The number of rotatable bonds is 5. The van der Waals surface area contributed by atoms with Gasteiger partial charge >= 0.3 is 0 Å². The fourth-order valence-corrected chi connectivity index (χ4v) is 5.61. The number of aromatic nitrogens is 2. The molecule has 1 aliphatic heterocycles. The minimum atomic E-state index is -2.38. The van der Waals surface area contributed by atoms with E-state index in [9.17, 15) is 15.0 Å². The lowest BCUT2D eigenvalue weighted by Crippen LogP contribution is -2.50. The van der Waals surface area contributed by atoms with Crippen LogP contribution in [-0.2, 0) is 5.91 Å². The van der Waals surface area contributed by atoms with E-state index >= 15 is 4.39 Å². The number of hydrogen-bond donors (Lipinski definition) is 2. The van der Waals surface area contributed by atoms with E-state index in [1.807, 2.05) is 37.3 Å². The van der Waals surface area contributed by atoms with Crippen LogP contribution in [-0.4, -0.2) is 74.6 Å². The molecule has 1 saturated heterocycles. The summed E-state index contributed by atoms with van der Waals surface area (Å²) in [6.45, 7) is 2.81. The zero-order valence-electron chi connectivity index (χ0n) is 21.5. The number of hydrogen-bond acceptors (Lipinski definition) is 7. The number of amides is 1. The molecule has 1 amide bonds. The van der Waals surface area contributed by atoms with Crippen LogP contribution in [0.15, 0.2) is 60.8 Å². The first-order chi connectivity index (χ1) is 18.2. The van der Waals surface area contributed by atoms with Crippen LogP contribution in [0.25, 0.3) is 33.4 Å². The van der Waals surface area contributed by atoms with Gasteiger partial charge in [0.15, 0.2) is 0 Å². The molecule has 4 aromatic rings. The topological polar surface area (TPSA) is 89.8 Å². The molecular weight excluding hydrogens is 503 g/mol. The average molecular weight is 533 g/mol.